The van der Waals surface area contributed by atoms with Gasteiger partial charge in [-0.1, -0.05) is 0 Å². The molecule has 96 valence electrons. The van der Waals surface area contributed by atoms with E-state index < -0.39 is 12.2 Å². The lowest BCUT2D eigenvalue weighted by atomic mass is 10.1. The Balaban J connectivity index is 1.85. The van der Waals surface area contributed by atoms with E-state index in [1.165, 1.54) is 0 Å². The number of hydrogen-bond acceptors (Lipinski definition) is 6. The summed E-state index contributed by atoms with van der Waals surface area (Å²) in [5, 5.41) is 25.9. The van der Waals surface area contributed by atoms with Gasteiger partial charge in [0.2, 0.25) is 0 Å². The first-order chi connectivity index (χ1) is 8.22. The maximum atomic E-state index is 9.90. The van der Waals surface area contributed by atoms with E-state index in [9.17, 15) is 10.2 Å². The van der Waals surface area contributed by atoms with E-state index in [2.05, 4.69) is 10.3 Å². The molecule has 1 fully saturated rings. The van der Waals surface area contributed by atoms with Gasteiger partial charge in [-0.25, -0.2) is 4.98 Å². The molecule has 5 nitrogen and oxygen atoms in total. The summed E-state index contributed by atoms with van der Waals surface area (Å²) in [7, 11) is 1.61. The fraction of sp³-hybridized carbons (Fsp3) is 0.727. The Morgan fingerprint density at radius 2 is 2.35 bits per heavy atom. The zero-order valence-corrected chi connectivity index (χ0v) is 10.6. The molecule has 0 saturated heterocycles. The summed E-state index contributed by atoms with van der Waals surface area (Å²) >= 11 is 1.58. The Morgan fingerprint density at radius 1 is 1.53 bits per heavy atom. The van der Waals surface area contributed by atoms with Crippen LogP contribution in [0.5, 0.6) is 0 Å². The van der Waals surface area contributed by atoms with Crippen molar-refractivity contribution in [2.75, 3.05) is 13.7 Å². The van der Waals surface area contributed by atoms with E-state index in [4.69, 9.17) is 4.74 Å². The topological polar surface area (TPSA) is 74.6 Å². The number of methoxy groups -OCH3 is 1. The standard InChI is InChI=1S/C11H18N2O3S/c1-16-6-7-4-8(11(15)10(7)14)13-5-9-12-2-3-17-9/h2-3,7-8,10-11,13-15H,4-6H2,1H3. The molecule has 1 heterocycles. The first-order valence-corrected chi connectivity index (χ1v) is 6.57. The van der Waals surface area contributed by atoms with Crippen molar-refractivity contribution in [3.05, 3.63) is 16.6 Å². The maximum absolute atomic E-state index is 9.90. The lowest BCUT2D eigenvalue weighted by Crippen LogP contribution is -2.39. The number of thiazole rings is 1. The second kappa shape index (κ2) is 5.88. The second-order valence-electron chi connectivity index (χ2n) is 4.35. The lowest BCUT2D eigenvalue weighted by molar-refractivity contribution is -0.00597. The highest BCUT2D eigenvalue weighted by atomic mass is 32.1. The van der Waals surface area contributed by atoms with E-state index >= 15 is 0 Å². The van der Waals surface area contributed by atoms with Crippen LogP contribution in [0, 0.1) is 5.92 Å². The SMILES string of the molecule is COCC1CC(NCc2nccs2)C(O)C1O. The van der Waals surface area contributed by atoms with Crippen LogP contribution in [0.25, 0.3) is 0 Å². The molecule has 4 unspecified atom stereocenters. The summed E-state index contributed by atoms with van der Waals surface area (Å²) in [5.74, 6) is 0.00351. The van der Waals surface area contributed by atoms with E-state index in [0.717, 1.165) is 11.4 Å². The van der Waals surface area contributed by atoms with Crippen LogP contribution in [0.15, 0.2) is 11.6 Å². The van der Waals surface area contributed by atoms with E-state index in [1.54, 1.807) is 24.6 Å². The Bertz CT molecular complexity index is 333. The number of ether oxygens (including phenoxy) is 1. The summed E-state index contributed by atoms with van der Waals surface area (Å²) in [4.78, 5) is 4.16. The number of aromatic nitrogens is 1. The Morgan fingerprint density at radius 3 is 3.00 bits per heavy atom. The van der Waals surface area contributed by atoms with Crippen molar-refractivity contribution in [3.8, 4) is 0 Å². The van der Waals surface area contributed by atoms with E-state index in [-0.39, 0.29) is 12.0 Å². The van der Waals surface area contributed by atoms with Crippen molar-refractivity contribution in [2.24, 2.45) is 5.92 Å². The summed E-state index contributed by atoms with van der Waals surface area (Å²) in [6, 6.07) is -0.0888. The highest BCUT2D eigenvalue weighted by Crippen LogP contribution is 2.27. The third-order valence-corrected chi connectivity index (χ3v) is 3.96. The molecule has 4 atom stereocenters. The van der Waals surface area contributed by atoms with Gasteiger partial charge in [0.25, 0.3) is 0 Å². The average Bonchev–Trinajstić information content (AvgIpc) is 2.91. The third-order valence-electron chi connectivity index (χ3n) is 3.18. The molecule has 6 heteroatoms. The number of nitrogens with zero attached hydrogens (tertiary/aromatic N) is 1. The van der Waals surface area contributed by atoms with Gasteiger partial charge in [-0.05, 0) is 6.42 Å². The number of aliphatic hydroxyl groups is 2. The molecule has 1 aromatic heterocycles. The number of nitrogens with one attached hydrogen (secondary N) is 1. The summed E-state index contributed by atoms with van der Waals surface area (Å²) in [6.07, 6.45) is 1.05. The van der Waals surface area contributed by atoms with Gasteiger partial charge in [0, 0.05) is 37.2 Å². The van der Waals surface area contributed by atoms with Crippen LogP contribution in [0.4, 0.5) is 0 Å². The number of hydrogen-bond donors (Lipinski definition) is 3. The van der Waals surface area contributed by atoms with Crippen molar-refractivity contribution in [1.29, 1.82) is 0 Å². The Hall–Kier alpha value is -0.530. The van der Waals surface area contributed by atoms with Crippen LogP contribution >= 0.6 is 11.3 Å². The van der Waals surface area contributed by atoms with Gasteiger partial charge in [0.1, 0.15) is 5.01 Å². The zero-order chi connectivity index (χ0) is 12.3. The van der Waals surface area contributed by atoms with Crippen molar-refractivity contribution in [3.63, 3.8) is 0 Å². The van der Waals surface area contributed by atoms with Gasteiger partial charge in [0.05, 0.1) is 18.8 Å². The zero-order valence-electron chi connectivity index (χ0n) is 9.74. The minimum atomic E-state index is -0.727. The van der Waals surface area contributed by atoms with Crippen LogP contribution in [-0.4, -0.2) is 47.2 Å². The fourth-order valence-corrected chi connectivity index (χ4v) is 2.83. The second-order valence-corrected chi connectivity index (χ2v) is 5.32. The molecule has 0 amide bonds. The van der Waals surface area contributed by atoms with E-state index in [0.29, 0.717) is 13.2 Å². The smallest absolute Gasteiger partial charge is 0.106 e. The molecule has 3 N–H and O–H groups in total. The molecule has 17 heavy (non-hydrogen) atoms. The van der Waals surface area contributed by atoms with E-state index in [1.807, 2.05) is 5.38 Å². The van der Waals surface area contributed by atoms with Crippen LogP contribution < -0.4 is 5.32 Å². The lowest BCUT2D eigenvalue weighted by Gasteiger charge is -2.17. The maximum Gasteiger partial charge on any atom is 0.106 e. The molecular formula is C11H18N2O3S. The molecule has 0 bridgehead atoms. The predicted molar refractivity (Wildman–Crippen MR) is 64.7 cm³/mol. The quantitative estimate of drug-likeness (QED) is 0.692. The average molecular weight is 258 g/mol. The number of rotatable bonds is 5. The van der Waals surface area contributed by atoms with Crippen LogP contribution in [0.1, 0.15) is 11.4 Å². The largest absolute Gasteiger partial charge is 0.390 e. The van der Waals surface area contributed by atoms with Gasteiger partial charge >= 0.3 is 0 Å². The first-order valence-electron chi connectivity index (χ1n) is 5.69. The first kappa shape index (κ1) is 12.9. The van der Waals surface area contributed by atoms with Crippen LogP contribution in [0.3, 0.4) is 0 Å². The van der Waals surface area contributed by atoms with Crippen molar-refractivity contribution in [2.45, 2.75) is 31.2 Å². The molecule has 1 aliphatic rings. The highest BCUT2D eigenvalue weighted by molar-refractivity contribution is 7.09. The van der Waals surface area contributed by atoms with Gasteiger partial charge < -0.3 is 20.3 Å². The molecule has 0 aliphatic heterocycles. The molecule has 1 aromatic rings. The molecule has 0 spiro atoms. The fourth-order valence-electron chi connectivity index (χ4n) is 2.27. The molecule has 0 radical (unpaired) electrons. The predicted octanol–water partition coefficient (Wildman–Crippen LogP) is -0.0106. The summed E-state index contributed by atoms with van der Waals surface area (Å²) in [6.45, 7) is 1.11. The Kier molecular flexibility index (Phi) is 4.47. The van der Waals surface area contributed by atoms with Crippen molar-refractivity contribution < 1.29 is 14.9 Å². The third kappa shape index (κ3) is 3.02. The summed E-state index contributed by atoms with van der Waals surface area (Å²) in [5.41, 5.74) is 0. The molecular weight excluding hydrogens is 240 g/mol. The van der Waals surface area contributed by atoms with Crippen molar-refractivity contribution in [1.82, 2.24) is 10.3 Å². The highest BCUT2D eigenvalue weighted by Gasteiger charge is 2.40. The minimum absolute atomic E-state index is 0.00351. The van der Waals surface area contributed by atoms with Gasteiger partial charge in [-0.15, -0.1) is 11.3 Å². The molecule has 0 aromatic carbocycles. The molecule has 1 saturated carbocycles. The van der Waals surface area contributed by atoms with Crippen LogP contribution in [-0.2, 0) is 11.3 Å². The van der Waals surface area contributed by atoms with Gasteiger partial charge in [0.15, 0.2) is 0 Å². The minimum Gasteiger partial charge on any atom is -0.390 e. The number of aliphatic hydroxyl groups excluding tert-OH is 2. The molecule has 2 rings (SSSR count). The summed E-state index contributed by atoms with van der Waals surface area (Å²) < 4.78 is 5.03. The molecule has 1 aliphatic carbocycles. The van der Waals surface area contributed by atoms with Crippen LogP contribution in [0.2, 0.25) is 0 Å². The van der Waals surface area contributed by atoms with Gasteiger partial charge in [-0.2, -0.15) is 0 Å². The Labute approximate surface area is 104 Å². The monoisotopic (exact) mass is 258 g/mol. The normalized spacial score (nSPS) is 33.1. The van der Waals surface area contributed by atoms with Crippen molar-refractivity contribution >= 4 is 11.3 Å². The van der Waals surface area contributed by atoms with Gasteiger partial charge in [-0.3, -0.25) is 0 Å².